The molecule has 1 aromatic rings. The fraction of sp³-hybridized carbons (Fsp3) is 0.667. The molecule has 2 saturated heterocycles. The van der Waals surface area contributed by atoms with Crippen molar-refractivity contribution in [2.24, 2.45) is 0 Å². The van der Waals surface area contributed by atoms with E-state index in [1.54, 1.807) is 7.11 Å². The van der Waals surface area contributed by atoms with Crippen molar-refractivity contribution in [1.29, 1.82) is 0 Å². The van der Waals surface area contributed by atoms with Crippen molar-refractivity contribution in [3.05, 3.63) is 33.9 Å². The van der Waals surface area contributed by atoms with Gasteiger partial charge in [0.2, 0.25) is 0 Å². The second kappa shape index (κ2) is 14.7. The predicted octanol–water partition coefficient (Wildman–Crippen LogP) is 3.68. The van der Waals surface area contributed by atoms with Gasteiger partial charge in [0.1, 0.15) is 36.9 Å². The number of rotatable bonds is 13. The Morgan fingerprint density at radius 3 is 2.44 bits per heavy atom. The highest BCUT2D eigenvalue weighted by Crippen LogP contribution is 2.43. The van der Waals surface area contributed by atoms with Crippen LogP contribution in [0.3, 0.4) is 0 Å². The summed E-state index contributed by atoms with van der Waals surface area (Å²) < 4.78 is 28.4. The van der Waals surface area contributed by atoms with Gasteiger partial charge >= 0.3 is 11.9 Å². The third-order valence-corrected chi connectivity index (χ3v) is 7.88. The zero-order valence-corrected chi connectivity index (χ0v) is 23.9. The topological polar surface area (TPSA) is 86.8 Å². The lowest BCUT2D eigenvalue weighted by atomic mass is 9.94. The maximum Gasteiger partial charge on any atom is 0.342 e. The van der Waals surface area contributed by atoms with E-state index in [2.05, 4.69) is 15.9 Å². The van der Waals surface area contributed by atoms with Gasteiger partial charge in [-0.05, 0) is 58.2 Å². The molecule has 39 heavy (non-hydrogen) atoms. The highest BCUT2D eigenvalue weighted by molar-refractivity contribution is 5.98. The number of ether oxygens (including phenoxy) is 5. The lowest BCUT2D eigenvalue weighted by molar-refractivity contribution is -0.144. The molecule has 0 unspecified atom stereocenters. The van der Waals surface area contributed by atoms with Crippen LogP contribution < -0.4 is 9.47 Å². The van der Waals surface area contributed by atoms with Crippen molar-refractivity contribution in [2.45, 2.75) is 59.0 Å². The molecular weight excluding hydrogens is 500 g/mol. The van der Waals surface area contributed by atoms with Gasteiger partial charge in [0.15, 0.2) is 0 Å². The van der Waals surface area contributed by atoms with E-state index in [1.807, 2.05) is 13.8 Å². The van der Waals surface area contributed by atoms with Crippen molar-refractivity contribution >= 4 is 11.9 Å². The monoisotopic (exact) mass is 544 g/mol. The molecule has 0 spiro atoms. The first kappa shape index (κ1) is 29.4. The van der Waals surface area contributed by atoms with Crippen LogP contribution in [0.5, 0.6) is 11.5 Å². The average Bonchev–Trinajstić information content (AvgIpc) is 3.34. The molecule has 1 aromatic carbocycles. The quantitative estimate of drug-likeness (QED) is 0.273. The number of carbonyl (C=O) groups is 2. The van der Waals surface area contributed by atoms with Crippen LogP contribution in [0.1, 0.15) is 66.1 Å². The van der Waals surface area contributed by atoms with Crippen LogP contribution in [-0.2, 0) is 32.0 Å². The van der Waals surface area contributed by atoms with Crippen LogP contribution in [0.2, 0.25) is 0 Å². The first-order chi connectivity index (χ1) is 19.0. The normalized spacial score (nSPS) is 18.5. The Balaban J connectivity index is 1.38. The van der Waals surface area contributed by atoms with E-state index in [0.29, 0.717) is 43.8 Å². The first-order valence-electron chi connectivity index (χ1n) is 14.3. The molecule has 2 fully saturated rings. The molecule has 4 rings (SSSR count). The summed E-state index contributed by atoms with van der Waals surface area (Å²) in [6, 6.07) is 0. The molecule has 3 heterocycles. The van der Waals surface area contributed by atoms with Crippen LogP contribution in [0.25, 0.3) is 0 Å². The number of benzene rings is 1. The number of piperidine rings is 1. The van der Waals surface area contributed by atoms with Crippen molar-refractivity contribution < 1.29 is 33.3 Å². The number of esters is 2. The molecule has 0 N–H and O–H groups in total. The number of allylic oxidation sites excluding steroid dienone is 2. The van der Waals surface area contributed by atoms with Gasteiger partial charge in [0.25, 0.3) is 0 Å². The maximum atomic E-state index is 12.7. The molecule has 3 aliphatic heterocycles. The second-order valence-electron chi connectivity index (χ2n) is 10.6. The Labute approximate surface area is 232 Å². The highest BCUT2D eigenvalue weighted by Gasteiger charge is 2.33. The van der Waals surface area contributed by atoms with Crippen molar-refractivity contribution in [1.82, 2.24) is 9.80 Å². The number of cyclic esters (lactones) is 1. The fourth-order valence-electron chi connectivity index (χ4n) is 5.49. The number of hydrogen-bond acceptors (Lipinski definition) is 9. The molecule has 216 valence electrons. The SMILES string of the molecule is COc1c(C)c2c(c(OCCN3CCOCC3)c1C/C=C(\C)CCC(=O)OCCN1CCCCC1)C(=O)OC2. The number of fused-ring (bicyclic) bond motifs is 1. The molecule has 3 aliphatic rings. The van der Waals surface area contributed by atoms with Crippen molar-refractivity contribution in [3.63, 3.8) is 0 Å². The van der Waals surface area contributed by atoms with Gasteiger partial charge in [-0.3, -0.25) is 14.6 Å². The molecule has 0 bridgehead atoms. The number of methoxy groups -OCH3 is 1. The largest absolute Gasteiger partial charge is 0.496 e. The Morgan fingerprint density at radius 1 is 0.974 bits per heavy atom. The summed E-state index contributed by atoms with van der Waals surface area (Å²) in [6.07, 6.45) is 7.32. The van der Waals surface area contributed by atoms with Gasteiger partial charge in [-0.1, -0.05) is 18.1 Å². The summed E-state index contributed by atoms with van der Waals surface area (Å²) in [7, 11) is 1.64. The Hall–Kier alpha value is -2.62. The van der Waals surface area contributed by atoms with Gasteiger partial charge in [-0.25, -0.2) is 4.79 Å². The van der Waals surface area contributed by atoms with Crippen molar-refractivity contribution in [3.8, 4) is 11.5 Å². The minimum absolute atomic E-state index is 0.166. The second-order valence-corrected chi connectivity index (χ2v) is 10.6. The number of hydrogen-bond donors (Lipinski definition) is 0. The minimum atomic E-state index is -0.355. The van der Waals surface area contributed by atoms with Gasteiger partial charge < -0.3 is 23.7 Å². The number of nitrogens with zero attached hydrogens (tertiary/aromatic N) is 2. The molecule has 0 aromatic heterocycles. The van der Waals surface area contributed by atoms with E-state index in [0.717, 1.165) is 80.5 Å². The molecule has 0 aliphatic carbocycles. The first-order valence-corrected chi connectivity index (χ1v) is 14.3. The van der Waals surface area contributed by atoms with Gasteiger partial charge in [0.05, 0.1) is 20.3 Å². The minimum Gasteiger partial charge on any atom is -0.496 e. The van der Waals surface area contributed by atoms with Crippen molar-refractivity contribution in [2.75, 3.05) is 72.8 Å². The highest BCUT2D eigenvalue weighted by atomic mass is 16.5. The summed E-state index contributed by atoms with van der Waals surface area (Å²) in [4.78, 5) is 29.7. The fourth-order valence-corrected chi connectivity index (χ4v) is 5.49. The zero-order chi connectivity index (χ0) is 27.6. The van der Waals surface area contributed by atoms with Crippen LogP contribution in [0, 0.1) is 6.92 Å². The summed E-state index contributed by atoms with van der Waals surface area (Å²) in [6.45, 7) is 12.0. The molecule has 0 saturated carbocycles. The molecule has 9 heteroatoms. The van der Waals surface area contributed by atoms with E-state index >= 15 is 0 Å². The molecule has 0 atom stereocenters. The van der Waals surface area contributed by atoms with Crippen LogP contribution in [0.15, 0.2) is 11.6 Å². The van der Waals surface area contributed by atoms with Gasteiger partial charge in [-0.15, -0.1) is 0 Å². The lowest BCUT2D eigenvalue weighted by Gasteiger charge is -2.27. The maximum absolute atomic E-state index is 12.7. The standard InChI is InChI=1S/C30H44N2O7/c1-22(8-10-26(33)37-19-15-31-11-5-4-6-12-31)7-9-24-28(35-3)23(2)25-21-39-30(34)27(25)29(24)38-20-16-32-13-17-36-18-14-32/h7H,4-6,8-21H2,1-3H3/b22-7+. The van der Waals surface area contributed by atoms with E-state index < -0.39 is 0 Å². The molecule has 9 nitrogen and oxygen atoms in total. The Kier molecular flexibility index (Phi) is 11.1. The van der Waals surface area contributed by atoms with Crippen LogP contribution >= 0.6 is 0 Å². The molecular formula is C30H44N2O7. The Bertz CT molecular complexity index is 1030. The Morgan fingerprint density at radius 2 is 1.69 bits per heavy atom. The third-order valence-electron chi connectivity index (χ3n) is 7.88. The summed E-state index contributed by atoms with van der Waals surface area (Å²) in [5.41, 5.74) is 4.14. The third kappa shape index (κ3) is 7.96. The van der Waals surface area contributed by atoms with E-state index in [4.69, 9.17) is 23.7 Å². The van der Waals surface area contributed by atoms with Crippen LogP contribution in [0.4, 0.5) is 0 Å². The summed E-state index contributed by atoms with van der Waals surface area (Å²) in [5, 5.41) is 0. The predicted molar refractivity (Wildman–Crippen MR) is 148 cm³/mol. The van der Waals surface area contributed by atoms with Gasteiger partial charge in [-0.2, -0.15) is 0 Å². The van der Waals surface area contributed by atoms with Crippen LogP contribution in [-0.4, -0.2) is 94.5 Å². The summed E-state index contributed by atoms with van der Waals surface area (Å²) in [5.74, 6) is 0.742. The van der Waals surface area contributed by atoms with E-state index in [-0.39, 0.29) is 18.5 Å². The molecule has 0 amide bonds. The molecule has 0 radical (unpaired) electrons. The van der Waals surface area contributed by atoms with E-state index in [1.165, 1.54) is 19.3 Å². The number of morpholine rings is 1. The number of likely N-dealkylation sites (tertiary alicyclic amines) is 1. The smallest absolute Gasteiger partial charge is 0.342 e. The van der Waals surface area contributed by atoms with E-state index in [9.17, 15) is 9.59 Å². The zero-order valence-electron chi connectivity index (χ0n) is 23.9. The number of carbonyl (C=O) groups excluding carboxylic acids is 2. The average molecular weight is 545 g/mol. The summed E-state index contributed by atoms with van der Waals surface area (Å²) >= 11 is 0. The van der Waals surface area contributed by atoms with Gasteiger partial charge in [0, 0.05) is 43.7 Å². The lowest BCUT2D eigenvalue weighted by Crippen LogP contribution is -2.38.